The number of ether oxygens (including phenoxy) is 1. The molecule has 1 atom stereocenters. The summed E-state index contributed by atoms with van der Waals surface area (Å²) in [6, 6.07) is -0.528. The van der Waals surface area contributed by atoms with Gasteiger partial charge in [-0.05, 0) is 74.1 Å². The number of carbonyl (C=O) groups is 2. The Bertz CT molecular complexity index is 567. The zero-order chi connectivity index (χ0) is 21.6. The van der Waals surface area contributed by atoms with Gasteiger partial charge in [-0.15, -0.1) is 0 Å². The van der Waals surface area contributed by atoms with Gasteiger partial charge in [0.05, 0.1) is 6.04 Å². The van der Waals surface area contributed by atoms with Crippen molar-refractivity contribution in [2.45, 2.75) is 85.8 Å². The Morgan fingerprint density at radius 3 is 2.11 bits per heavy atom. The quantitative estimate of drug-likeness (QED) is 0.236. The lowest BCUT2D eigenvalue weighted by molar-refractivity contribution is -0.109. The number of alkyl carbamates (subject to hydrolysis) is 1. The Balaban J connectivity index is 4.11. The summed E-state index contributed by atoms with van der Waals surface area (Å²) in [6.45, 7) is 14.0. The second kappa shape index (κ2) is 14.5. The second-order valence-corrected chi connectivity index (χ2v) is 9.46. The molecule has 0 spiro atoms. The van der Waals surface area contributed by atoms with E-state index in [2.05, 4.69) is 51.2 Å². The standard InChI is InChI=1S/C23H39NO3S/c1-18(2)10-8-11-19(3)12-9-13-20(4)14-15-28-17-21(16-25)24-22(26)27-23(5,6)7/h10,12,14,16,21H,8-9,11,13,15,17H2,1-7H3,(H,24,26)/b19-12+,20-14+/t21-/m1/s1. The van der Waals surface area contributed by atoms with E-state index in [1.807, 2.05) is 0 Å². The minimum Gasteiger partial charge on any atom is -0.444 e. The van der Waals surface area contributed by atoms with Gasteiger partial charge in [0.15, 0.2) is 0 Å². The molecule has 0 rings (SSSR count). The average Bonchev–Trinajstić information content (AvgIpc) is 2.55. The maximum absolute atomic E-state index is 11.7. The van der Waals surface area contributed by atoms with E-state index >= 15 is 0 Å². The second-order valence-electron chi connectivity index (χ2n) is 8.39. The molecule has 0 aromatic carbocycles. The number of allylic oxidation sites excluding steroid dienone is 5. The van der Waals surface area contributed by atoms with Crippen LogP contribution in [0.3, 0.4) is 0 Å². The molecule has 0 heterocycles. The number of rotatable bonds is 12. The molecule has 0 unspecified atom stereocenters. The van der Waals surface area contributed by atoms with Crippen LogP contribution in [-0.4, -0.2) is 35.5 Å². The van der Waals surface area contributed by atoms with Crippen molar-refractivity contribution in [3.05, 3.63) is 34.9 Å². The Labute approximate surface area is 176 Å². The van der Waals surface area contributed by atoms with Crippen LogP contribution in [0.2, 0.25) is 0 Å². The molecule has 28 heavy (non-hydrogen) atoms. The Hall–Kier alpha value is -1.49. The van der Waals surface area contributed by atoms with E-state index in [0.717, 1.165) is 37.7 Å². The normalized spacial score (nSPS) is 13.7. The summed E-state index contributed by atoms with van der Waals surface area (Å²) in [6.07, 6.45) is 11.4. The molecule has 0 aliphatic rings. The van der Waals surface area contributed by atoms with Gasteiger partial charge in [0.1, 0.15) is 11.9 Å². The zero-order valence-electron chi connectivity index (χ0n) is 18.8. The molecule has 4 nitrogen and oxygen atoms in total. The van der Waals surface area contributed by atoms with Crippen molar-refractivity contribution < 1.29 is 14.3 Å². The first-order chi connectivity index (χ1) is 13.0. The highest BCUT2D eigenvalue weighted by Crippen LogP contribution is 2.13. The molecule has 0 radical (unpaired) electrons. The summed E-state index contributed by atoms with van der Waals surface area (Å²) in [4.78, 5) is 22.9. The summed E-state index contributed by atoms with van der Waals surface area (Å²) < 4.78 is 5.18. The van der Waals surface area contributed by atoms with Crippen LogP contribution in [0, 0.1) is 0 Å². The minimum atomic E-state index is -0.567. The van der Waals surface area contributed by atoms with Crippen molar-refractivity contribution in [3.63, 3.8) is 0 Å². The molecule has 0 saturated carbocycles. The molecule has 0 fully saturated rings. The van der Waals surface area contributed by atoms with E-state index in [1.54, 1.807) is 32.5 Å². The summed E-state index contributed by atoms with van der Waals surface area (Å²) in [5.74, 6) is 1.37. The molecule has 0 aromatic rings. The van der Waals surface area contributed by atoms with Gasteiger partial charge >= 0.3 is 6.09 Å². The first kappa shape index (κ1) is 26.5. The minimum absolute atomic E-state index is 0.528. The number of thioether (sulfide) groups is 1. The fourth-order valence-electron chi connectivity index (χ4n) is 2.31. The average molecular weight is 410 g/mol. The monoisotopic (exact) mass is 409 g/mol. The summed E-state index contributed by atoms with van der Waals surface area (Å²) in [5.41, 5.74) is 3.61. The van der Waals surface area contributed by atoms with Crippen molar-refractivity contribution in [2.24, 2.45) is 0 Å². The molecule has 1 amide bonds. The Morgan fingerprint density at radius 1 is 1.00 bits per heavy atom. The zero-order valence-corrected chi connectivity index (χ0v) is 19.6. The van der Waals surface area contributed by atoms with E-state index in [9.17, 15) is 9.59 Å². The van der Waals surface area contributed by atoms with Gasteiger partial charge in [0, 0.05) is 11.5 Å². The molecule has 0 aromatic heterocycles. The third-order valence-corrected chi connectivity index (χ3v) is 4.83. The van der Waals surface area contributed by atoms with Crippen molar-refractivity contribution in [3.8, 4) is 0 Å². The fraction of sp³-hybridized carbons (Fsp3) is 0.652. The number of carbonyl (C=O) groups excluding carboxylic acids is 2. The highest BCUT2D eigenvalue weighted by atomic mass is 32.2. The van der Waals surface area contributed by atoms with Crippen LogP contribution in [0.4, 0.5) is 4.79 Å². The number of amides is 1. The van der Waals surface area contributed by atoms with Gasteiger partial charge in [-0.3, -0.25) is 0 Å². The molecule has 160 valence electrons. The number of aldehydes is 1. The topological polar surface area (TPSA) is 55.4 Å². The fourth-order valence-corrected chi connectivity index (χ4v) is 3.26. The molecular weight excluding hydrogens is 370 g/mol. The van der Waals surface area contributed by atoms with Crippen LogP contribution in [0.25, 0.3) is 0 Å². The van der Waals surface area contributed by atoms with Gasteiger partial charge in [-0.2, -0.15) is 11.8 Å². The van der Waals surface area contributed by atoms with Gasteiger partial charge < -0.3 is 14.8 Å². The summed E-state index contributed by atoms with van der Waals surface area (Å²) in [5, 5.41) is 2.60. The van der Waals surface area contributed by atoms with Crippen molar-refractivity contribution in [1.29, 1.82) is 0 Å². The van der Waals surface area contributed by atoms with E-state index in [-0.39, 0.29) is 0 Å². The maximum Gasteiger partial charge on any atom is 0.408 e. The van der Waals surface area contributed by atoms with E-state index in [0.29, 0.717) is 5.75 Å². The van der Waals surface area contributed by atoms with E-state index < -0.39 is 17.7 Å². The smallest absolute Gasteiger partial charge is 0.408 e. The number of hydrogen-bond acceptors (Lipinski definition) is 4. The molecule has 1 N–H and O–H groups in total. The third-order valence-electron chi connectivity index (χ3n) is 3.84. The summed E-state index contributed by atoms with van der Waals surface area (Å²) >= 11 is 1.63. The molecule has 0 saturated heterocycles. The maximum atomic E-state index is 11.7. The van der Waals surface area contributed by atoms with E-state index in [1.165, 1.54) is 16.7 Å². The van der Waals surface area contributed by atoms with Crippen LogP contribution in [0.5, 0.6) is 0 Å². The van der Waals surface area contributed by atoms with E-state index in [4.69, 9.17) is 4.74 Å². The van der Waals surface area contributed by atoms with Gasteiger partial charge in [-0.1, -0.05) is 34.9 Å². The van der Waals surface area contributed by atoms with Crippen molar-refractivity contribution >= 4 is 24.1 Å². The van der Waals surface area contributed by atoms with Crippen LogP contribution >= 0.6 is 11.8 Å². The first-order valence-electron chi connectivity index (χ1n) is 10.0. The lowest BCUT2D eigenvalue weighted by Gasteiger charge is -2.21. The van der Waals surface area contributed by atoms with Crippen LogP contribution in [0.15, 0.2) is 34.9 Å². The van der Waals surface area contributed by atoms with Crippen LogP contribution in [0.1, 0.15) is 74.1 Å². The first-order valence-corrected chi connectivity index (χ1v) is 11.2. The predicted octanol–water partition coefficient (Wildman–Crippen LogP) is 6.23. The lowest BCUT2D eigenvalue weighted by Crippen LogP contribution is -2.41. The Kier molecular flexibility index (Phi) is 13.7. The van der Waals surface area contributed by atoms with Crippen LogP contribution in [-0.2, 0) is 9.53 Å². The molecule has 0 bridgehead atoms. The SMILES string of the molecule is CC(C)=CCC/C(C)=C/CC/C(C)=C/CSC[C@@H](C=O)NC(=O)OC(C)(C)C. The van der Waals surface area contributed by atoms with Gasteiger partial charge in [-0.25, -0.2) is 4.79 Å². The van der Waals surface area contributed by atoms with Crippen LogP contribution < -0.4 is 5.32 Å². The number of nitrogens with one attached hydrogen (secondary N) is 1. The predicted molar refractivity (Wildman–Crippen MR) is 122 cm³/mol. The molecule has 0 aliphatic carbocycles. The lowest BCUT2D eigenvalue weighted by atomic mass is 10.1. The van der Waals surface area contributed by atoms with Crippen molar-refractivity contribution in [2.75, 3.05) is 11.5 Å². The summed E-state index contributed by atoms with van der Waals surface area (Å²) in [7, 11) is 0. The number of hydrogen-bond donors (Lipinski definition) is 1. The highest BCUT2D eigenvalue weighted by Gasteiger charge is 2.18. The third kappa shape index (κ3) is 16.7. The molecule has 5 heteroatoms. The van der Waals surface area contributed by atoms with Gasteiger partial charge in [0.25, 0.3) is 0 Å². The largest absolute Gasteiger partial charge is 0.444 e. The highest BCUT2D eigenvalue weighted by molar-refractivity contribution is 7.99. The Morgan fingerprint density at radius 2 is 1.57 bits per heavy atom. The molecule has 0 aliphatic heterocycles. The molecular formula is C23H39NO3S. The van der Waals surface area contributed by atoms with Crippen molar-refractivity contribution in [1.82, 2.24) is 5.32 Å². The van der Waals surface area contributed by atoms with Gasteiger partial charge in [0.2, 0.25) is 0 Å².